The van der Waals surface area contributed by atoms with Gasteiger partial charge in [0.1, 0.15) is 11.5 Å². The first-order chi connectivity index (χ1) is 10.4. The fourth-order valence-electron chi connectivity index (χ4n) is 2.51. The lowest BCUT2D eigenvalue weighted by molar-refractivity contribution is -0.137. The highest BCUT2D eigenvalue weighted by Crippen LogP contribution is 2.31. The van der Waals surface area contributed by atoms with Crippen molar-refractivity contribution in [3.8, 4) is 11.4 Å². The van der Waals surface area contributed by atoms with Crippen molar-refractivity contribution < 1.29 is 18.0 Å². The summed E-state index contributed by atoms with van der Waals surface area (Å²) in [5.74, 6) is 0.0943. The average molecular weight is 309 g/mol. The van der Waals surface area contributed by atoms with E-state index in [0.29, 0.717) is 24.3 Å². The van der Waals surface area contributed by atoms with Crippen LogP contribution in [0, 0.1) is 0 Å². The number of amides is 1. The summed E-state index contributed by atoms with van der Waals surface area (Å²) < 4.78 is 38.2. The molecule has 22 heavy (non-hydrogen) atoms. The van der Waals surface area contributed by atoms with E-state index < -0.39 is 11.7 Å². The van der Waals surface area contributed by atoms with E-state index in [0.717, 1.165) is 25.0 Å². The lowest BCUT2D eigenvalue weighted by Crippen LogP contribution is -2.27. The maximum absolute atomic E-state index is 12.7. The average Bonchev–Trinajstić information content (AvgIpc) is 3.17. The van der Waals surface area contributed by atoms with Crippen LogP contribution in [-0.2, 0) is 6.18 Å². The molecule has 0 bridgehead atoms. The maximum Gasteiger partial charge on any atom is 0.416 e. The second kappa shape index (κ2) is 5.47. The second-order valence-electron chi connectivity index (χ2n) is 5.22. The third-order valence-corrected chi connectivity index (χ3v) is 3.66. The first-order valence-corrected chi connectivity index (χ1v) is 6.97. The van der Waals surface area contributed by atoms with E-state index in [9.17, 15) is 18.0 Å². The number of carbonyl (C=O) groups is 1. The largest absolute Gasteiger partial charge is 0.416 e. The third kappa shape index (κ3) is 2.84. The van der Waals surface area contributed by atoms with Gasteiger partial charge in [-0.3, -0.25) is 4.79 Å². The van der Waals surface area contributed by atoms with Crippen molar-refractivity contribution >= 4 is 5.91 Å². The molecule has 1 aromatic carbocycles. The Morgan fingerprint density at radius 2 is 1.95 bits per heavy atom. The quantitative estimate of drug-likeness (QED) is 0.925. The smallest absolute Gasteiger partial charge is 0.337 e. The number of hydrogen-bond donors (Lipinski definition) is 1. The number of aromatic amines is 1. The highest BCUT2D eigenvalue weighted by Gasteiger charge is 2.30. The molecule has 1 N–H and O–H groups in total. The predicted molar refractivity (Wildman–Crippen MR) is 74.2 cm³/mol. The first-order valence-electron chi connectivity index (χ1n) is 6.97. The van der Waals surface area contributed by atoms with Gasteiger partial charge in [-0.2, -0.15) is 13.2 Å². The van der Waals surface area contributed by atoms with Crippen LogP contribution in [0.1, 0.15) is 28.9 Å². The summed E-state index contributed by atoms with van der Waals surface area (Å²) in [6, 6.07) is 4.87. The molecule has 1 aromatic heterocycles. The minimum absolute atomic E-state index is 0.164. The molecule has 1 aliphatic heterocycles. The molecule has 0 radical (unpaired) electrons. The van der Waals surface area contributed by atoms with E-state index in [1.807, 2.05) is 0 Å². The van der Waals surface area contributed by atoms with Crippen LogP contribution in [0.15, 0.2) is 30.5 Å². The number of imidazole rings is 1. The molecule has 1 saturated heterocycles. The van der Waals surface area contributed by atoms with Gasteiger partial charge in [-0.25, -0.2) is 4.98 Å². The van der Waals surface area contributed by atoms with Crippen LogP contribution in [0.2, 0.25) is 0 Å². The first kappa shape index (κ1) is 14.6. The molecule has 2 heterocycles. The van der Waals surface area contributed by atoms with Gasteiger partial charge in [0.25, 0.3) is 5.91 Å². The van der Waals surface area contributed by atoms with Gasteiger partial charge in [-0.05, 0) is 25.0 Å². The lowest BCUT2D eigenvalue weighted by atomic mass is 10.1. The highest BCUT2D eigenvalue weighted by atomic mass is 19.4. The van der Waals surface area contributed by atoms with E-state index in [-0.39, 0.29) is 11.7 Å². The molecule has 0 atom stereocenters. The van der Waals surface area contributed by atoms with E-state index in [2.05, 4.69) is 9.97 Å². The van der Waals surface area contributed by atoms with Crippen LogP contribution in [0.3, 0.4) is 0 Å². The molecular formula is C15H14F3N3O. The van der Waals surface area contributed by atoms with E-state index in [1.54, 1.807) is 4.90 Å². The molecule has 0 saturated carbocycles. The Bertz CT molecular complexity index is 687. The molecular weight excluding hydrogens is 295 g/mol. The van der Waals surface area contributed by atoms with Crippen molar-refractivity contribution in [1.82, 2.24) is 14.9 Å². The van der Waals surface area contributed by atoms with Crippen LogP contribution >= 0.6 is 0 Å². The van der Waals surface area contributed by atoms with Crippen molar-refractivity contribution in [2.24, 2.45) is 0 Å². The minimum atomic E-state index is -4.41. The topological polar surface area (TPSA) is 49.0 Å². The number of benzene rings is 1. The molecule has 0 aliphatic carbocycles. The van der Waals surface area contributed by atoms with Crippen molar-refractivity contribution in [2.75, 3.05) is 13.1 Å². The fourth-order valence-corrected chi connectivity index (χ4v) is 2.51. The zero-order valence-corrected chi connectivity index (χ0v) is 11.7. The van der Waals surface area contributed by atoms with Gasteiger partial charge in [-0.15, -0.1) is 0 Å². The molecule has 1 amide bonds. The van der Waals surface area contributed by atoms with Crippen LogP contribution in [0.25, 0.3) is 11.4 Å². The number of alkyl halides is 3. The molecule has 3 rings (SSSR count). The Morgan fingerprint density at radius 1 is 1.23 bits per heavy atom. The van der Waals surface area contributed by atoms with E-state index in [4.69, 9.17) is 0 Å². The molecule has 7 heteroatoms. The second-order valence-corrected chi connectivity index (χ2v) is 5.22. The molecule has 1 aliphatic rings. The van der Waals surface area contributed by atoms with Crippen molar-refractivity contribution in [3.05, 3.63) is 41.7 Å². The van der Waals surface area contributed by atoms with Gasteiger partial charge < -0.3 is 9.88 Å². The summed E-state index contributed by atoms with van der Waals surface area (Å²) in [5, 5.41) is 0. The van der Waals surface area contributed by atoms with Crippen molar-refractivity contribution in [1.29, 1.82) is 0 Å². The molecule has 0 spiro atoms. The maximum atomic E-state index is 12.7. The standard InChI is InChI=1S/C15H14F3N3O/c16-15(17,18)11-5-3-4-10(8-11)13-19-9-12(20-13)14(22)21-6-1-2-7-21/h3-5,8-9H,1-2,6-7H2,(H,19,20). The number of likely N-dealkylation sites (tertiary alicyclic amines) is 1. The van der Waals surface area contributed by atoms with Crippen LogP contribution in [-0.4, -0.2) is 33.9 Å². The predicted octanol–water partition coefficient (Wildman–Crippen LogP) is 3.33. The fraction of sp³-hybridized carbons (Fsp3) is 0.333. The summed E-state index contributed by atoms with van der Waals surface area (Å²) in [4.78, 5) is 20.8. The number of hydrogen-bond acceptors (Lipinski definition) is 2. The van der Waals surface area contributed by atoms with Crippen LogP contribution in [0.4, 0.5) is 13.2 Å². The van der Waals surface area contributed by atoms with Crippen LogP contribution < -0.4 is 0 Å². The van der Waals surface area contributed by atoms with Gasteiger partial charge in [0.2, 0.25) is 0 Å². The number of halogens is 3. The number of H-pyrrole nitrogens is 1. The zero-order valence-electron chi connectivity index (χ0n) is 11.7. The normalized spacial score (nSPS) is 15.3. The molecule has 1 fully saturated rings. The minimum Gasteiger partial charge on any atom is -0.337 e. The Hall–Kier alpha value is -2.31. The molecule has 116 valence electrons. The number of aromatic nitrogens is 2. The third-order valence-electron chi connectivity index (χ3n) is 3.66. The number of nitrogens with one attached hydrogen (secondary N) is 1. The van der Waals surface area contributed by atoms with Crippen LogP contribution in [0.5, 0.6) is 0 Å². The molecule has 0 unspecified atom stereocenters. The molecule has 2 aromatic rings. The lowest BCUT2D eigenvalue weighted by Gasteiger charge is -2.13. The van der Waals surface area contributed by atoms with Gasteiger partial charge in [0.15, 0.2) is 0 Å². The SMILES string of the molecule is O=C(c1cnc(-c2cccc(C(F)(F)F)c2)[nH]1)N1CCCC1. The van der Waals surface area contributed by atoms with E-state index >= 15 is 0 Å². The number of rotatable bonds is 2. The summed E-state index contributed by atoms with van der Waals surface area (Å²) in [6.07, 6.45) is -1.09. The monoisotopic (exact) mass is 309 g/mol. The summed E-state index contributed by atoms with van der Waals surface area (Å²) >= 11 is 0. The van der Waals surface area contributed by atoms with Gasteiger partial charge >= 0.3 is 6.18 Å². The van der Waals surface area contributed by atoms with Gasteiger partial charge in [0, 0.05) is 18.7 Å². The summed E-state index contributed by atoms with van der Waals surface area (Å²) in [7, 11) is 0. The Morgan fingerprint density at radius 3 is 2.64 bits per heavy atom. The molecule has 4 nitrogen and oxygen atoms in total. The number of nitrogens with zero attached hydrogens (tertiary/aromatic N) is 2. The summed E-state index contributed by atoms with van der Waals surface area (Å²) in [6.45, 7) is 1.41. The van der Waals surface area contributed by atoms with Gasteiger partial charge in [0.05, 0.1) is 11.8 Å². The Kier molecular flexibility index (Phi) is 3.64. The number of carbonyl (C=O) groups excluding carboxylic acids is 1. The van der Waals surface area contributed by atoms with Gasteiger partial charge in [-0.1, -0.05) is 12.1 Å². The Labute approximate surface area is 125 Å². The van der Waals surface area contributed by atoms with Crippen molar-refractivity contribution in [2.45, 2.75) is 19.0 Å². The zero-order chi connectivity index (χ0) is 15.7. The van der Waals surface area contributed by atoms with Crippen molar-refractivity contribution in [3.63, 3.8) is 0 Å². The van der Waals surface area contributed by atoms with E-state index in [1.165, 1.54) is 18.3 Å². The Balaban J connectivity index is 1.86. The summed E-state index contributed by atoms with van der Waals surface area (Å²) in [5.41, 5.74) is -0.140. The highest BCUT2D eigenvalue weighted by molar-refractivity contribution is 5.92.